The van der Waals surface area contributed by atoms with Gasteiger partial charge in [-0.2, -0.15) is 0 Å². The van der Waals surface area contributed by atoms with Crippen LogP contribution in [0.25, 0.3) is 0 Å². The van der Waals surface area contributed by atoms with Gasteiger partial charge in [0.2, 0.25) is 0 Å². The number of nitrogens with zero attached hydrogens (tertiary/aromatic N) is 1. The Labute approximate surface area is 145 Å². The number of hydrogen-bond acceptors (Lipinski definition) is 3. The molecule has 0 unspecified atom stereocenters. The van der Waals surface area contributed by atoms with Gasteiger partial charge in [0, 0.05) is 17.1 Å². The molecule has 5 heteroatoms. The Balaban J connectivity index is 0.00000192. The number of carbonyl (C=O) groups is 1. The van der Waals surface area contributed by atoms with Crippen LogP contribution in [0.3, 0.4) is 0 Å². The third kappa shape index (κ3) is 3.48. The van der Waals surface area contributed by atoms with Crippen LogP contribution >= 0.6 is 12.4 Å². The Hall–Kier alpha value is -1.26. The molecule has 128 valence electrons. The molecular weight excluding hydrogens is 312 g/mol. The van der Waals surface area contributed by atoms with E-state index in [9.17, 15) is 4.79 Å². The summed E-state index contributed by atoms with van der Waals surface area (Å²) in [4.78, 5) is 15.1. The van der Waals surface area contributed by atoms with Crippen molar-refractivity contribution in [1.29, 1.82) is 0 Å². The average molecular weight is 339 g/mol. The summed E-state index contributed by atoms with van der Waals surface area (Å²) < 4.78 is 5.15. The number of ether oxygens (including phenoxy) is 1. The van der Waals surface area contributed by atoms with Crippen LogP contribution in [0.4, 0.5) is 0 Å². The van der Waals surface area contributed by atoms with Crippen molar-refractivity contribution in [3.8, 4) is 5.75 Å². The summed E-state index contributed by atoms with van der Waals surface area (Å²) in [6.07, 6.45) is 7.23. The number of carbonyl (C=O) groups excluding carboxylic acids is 1. The van der Waals surface area contributed by atoms with Gasteiger partial charge in [-0.15, -0.1) is 12.4 Å². The van der Waals surface area contributed by atoms with Crippen molar-refractivity contribution in [3.05, 3.63) is 29.8 Å². The molecule has 2 fully saturated rings. The molecule has 2 atom stereocenters. The zero-order chi connectivity index (χ0) is 15.6. The van der Waals surface area contributed by atoms with E-state index in [1.54, 1.807) is 7.11 Å². The summed E-state index contributed by atoms with van der Waals surface area (Å²) >= 11 is 0. The van der Waals surface area contributed by atoms with Gasteiger partial charge in [0.1, 0.15) is 5.75 Å². The second kappa shape index (κ2) is 7.54. The van der Waals surface area contributed by atoms with Crippen LogP contribution in [-0.2, 0) is 0 Å². The monoisotopic (exact) mass is 338 g/mol. The smallest absolute Gasteiger partial charge is 0.251 e. The highest BCUT2D eigenvalue weighted by atomic mass is 35.5. The lowest BCUT2D eigenvalue weighted by Crippen LogP contribution is -2.59. The average Bonchev–Trinajstić information content (AvgIpc) is 2.91. The Morgan fingerprint density at radius 2 is 1.91 bits per heavy atom. The predicted octanol–water partition coefficient (Wildman–Crippen LogP) is 3.25. The number of hydrogen-bond donors (Lipinski definition) is 1. The van der Waals surface area contributed by atoms with Gasteiger partial charge in [-0.25, -0.2) is 0 Å². The highest BCUT2D eigenvalue weighted by Gasteiger charge is 2.46. The maximum absolute atomic E-state index is 12.6. The molecule has 0 aromatic heterocycles. The minimum absolute atomic E-state index is 0. The molecule has 4 nitrogen and oxygen atoms in total. The molecule has 0 bridgehead atoms. The van der Waals surface area contributed by atoms with Gasteiger partial charge in [-0.05, 0) is 63.5 Å². The molecule has 1 spiro atoms. The third-order valence-electron chi connectivity index (χ3n) is 5.52. The molecule has 1 aromatic rings. The van der Waals surface area contributed by atoms with E-state index in [4.69, 9.17) is 4.74 Å². The minimum atomic E-state index is 0. The fourth-order valence-corrected chi connectivity index (χ4v) is 4.20. The van der Waals surface area contributed by atoms with E-state index in [1.165, 1.54) is 32.1 Å². The van der Waals surface area contributed by atoms with Crippen LogP contribution in [0.15, 0.2) is 24.3 Å². The maximum Gasteiger partial charge on any atom is 0.251 e. The summed E-state index contributed by atoms with van der Waals surface area (Å²) in [6.45, 7) is 1.15. The van der Waals surface area contributed by atoms with Crippen LogP contribution in [-0.4, -0.2) is 43.1 Å². The molecule has 2 aliphatic rings. The van der Waals surface area contributed by atoms with Crippen molar-refractivity contribution in [2.24, 2.45) is 0 Å². The molecule has 1 saturated heterocycles. The van der Waals surface area contributed by atoms with Crippen molar-refractivity contribution in [2.45, 2.75) is 50.1 Å². The summed E-state index contributed by atoms with van der Waals surface area (Å²) in [5.41, 5.74) is 0.891. The number of methoxy groups -OCH3 is 1. The van der Waals surface area contributed by atoms with E-state index in [1.807, 2.05) is 24.3 Å². The first-order valence-electron chi connectivity index (χ1n) is 8.32. The van der Waals surface area contributed by atoms with Gasteiger partial charge >= 0.3 is 0 Å². The molecule has 1 N–H and O–H groups in total. The van der Waals surface area contributed by atoms with Crippen molar-refractivity contribution < 1.29 is 9.53 Å². The van der Waals surface area contributed by atoms with Crippen molar-refractivity contribution in [3.63, 3.8) is 0 Å². The normalized spacial score (nSPS) is 27.5. The fourth-order valence-electron chi connectivity index (χ4n) is 4.20. The van der Waals surface area contributed by atoms with Gasteiger partial charge in [0.05, 0.1) is 7.11 Å². The highest BCUT2D eigenvalue weighted by Crippen LogP contribution is 2.40. The van der Waals surface area contributed by atoms with E-state index < -0.39 is 0 Å². The van der Waals surface area contributed by atoms with Crippen LogP contribution in [0.5, 0.6) is 5.75 Å². The first-order valence-corrected chi connectivity index (χ1v) is 8.32. The topological polar surface area (TPSA) is 41.6 Å². The molecule has 1 aliphatic carbocycles. The largest absolute Gasteiger partial charge is 0.497 e. The number of nitrogens with one attached hydrogen (secondary N) is 1. The molecule has 0 radical (unpaired) electrons. The van der Waals surface area contributed by atoms with Gasteiger partial charge in [0.15, 0.2) is 0 Å². The number of halogens is 1. The number of amides is 1. The zero-order valence-electron chi connectivity index (χ0n) is 14.0. The fraction of sp³-hybridized carbons (Fsp3) is 0.611. The number of likely N-dealkylation sites (tertiary alicyclic amines) is 1. The molecule has 1 aliphatic heterocycles. The van der Waals surface area contributed by atoms with Crippen LogP contribution in [0.1, 0.15) is 48.9 Å². The van der Waals surface area contributed by atoms with Crippen LogP contribution < -0.4 is 10.1 Å². The second-order valence-electron chi connectivity index (χ2n) is 6.63. The Bertz CT molecular complexity index is 534. The van der Waals surface area contributed by atoms with Gasteiger partial charge in [-0.1, -0.05) is 12.8 Å². The lowest BCUT2D eigenvalue weighted by molar-refractivity contribution is 0.0641. The van der Waals surface area contributed by atoms with Crippen molar-refractivity contribution in [2.75, 3.05) is 20.7 Å². The first kappa shape index (κ1) is 18.1. The SMILES string of the molecule is COc1ccc(C(=O)N[C@H]2CCCC[C@@]23CCCN3C)cc1.Cl. The molecule has 1 saturated carbocycles. The Kier molecular flexibility index (Phi) is 5.93. The van der Waals surface area contributed by atoms with Crippen molar-refractivity contribution >= 4 is 18.3 Å². The molecule has 1 heterocycles. The van der Waals surface area contributed by atoms with Crippen molar-refractivity contribution in [1.82, 2.24) is 10.2 Å². The zero-order valence-corrected chi connectivity index (χ0v) is 14.8. The summed E-state index contributed by atoms with van der Waals surface area (Å²) in [7, 11) is 3.85. The van der Waals surface area contributed by atoms with Gasteiger partial charge < -0.3 is 10.1 Å². The standard InChI is InChI=1S/C18H26N2O2.ClH/c1-20-13-5-12-18(20)11-4-3-6-16(18)19-17(21)14-7-9-15(22-2)10-8-14;/h7-10,16H,3-6,11-13H2,1-2H3,(H,19,21);1H/t16-,18+;/m0./s1. The number of benzene rings is 1. The number of likely N-dealkylation sites (N-methyl/N-ethyl adjacent to an activating group) is 1. The Morgan fingerprint density at radius 1 is 1.22 bits per heavy atom. The van der Waals surface area contributed by atoms with E-state index in [0.717, 1.165) is 18.7 Å². The maximum atomic E-state index is 12.6. The summed E-state index contributed by atoms with van der Waals surface area (Å²) in [6, 6.07) is 7.62. The van der Waals surface area contributed by atoms with Crippen LogP contribution in [0.2, 0.25) is 0 Å². The minimum Gasteiger partial charge on any atom is -0.497 e. The third-order valence-corrected chi connectivity index (χ3v) is 5.52. The van der Waals surface area contributed by atoms with E-state index >= 15 is 0 Å². The Morgan fingerprint density at radius 3 is 2.52 bits per heavy atom. The van der Waals surface area contributed by atoms with E-state index in [2.05, 4.69) is 17.3 Å². The molecular formula is C18H27ClN2O2. The number of rotatable bonds is 3. The summed E-state index contributed by atoms with van der Waals surface area (Å²) in [5, 5.41) is 3.31. The lowest BCUT2D eigenvalue weighted by Gasteiger charge is -2.46. The van der Waals surface area contributed by atoms with E-state index in [-0.39, 0.29) is 29.9 Å². The predicted molar refractivity (Wildman–Crippen MR) is 94.6 cm³/mol. The van der Waals surface area contributed by atoms with Gasteiger partial charge in [0.25, 0.3) is 5.91 Å². The molecule has 23 heavy (non-hydrogen) atoms. The van der Waals surface area contributed by atoms with Crippen LogP contribution in [0, 0.1) is 0 Å². The summed E-state index contributed by atoms with van der Waals surface area (Å²) in [5.74, 6) is 0.815. The van der Waals surface area contributed by atoms with Gasteiger partial charge in [-0.3, -0.25) is 9.69 Å². The highest BCUT2D eigenvalue weighted by molar-refractivity contribution is 5.94. The second-order valence-corrected chi connectivity index (χ2v) is 6.63. The lowest BCUT2D eigenvalue weighted by atomic mass is 9.75. The molecule has 3 rings (SSSR count). The molecule has 1 aromatic carbocycles. The van der Waals surface area contributed by atoms with E-state index in [0.29, 0.717) is 5.56 Å². The quantitative estimate of drug-likeness (QED) is 0.919. The first-order chi connectivity index (χ1) is 10.7. The molecule has 1 amide bonds.